The molecule has 0 fully saturated rings. The zero-order valence-corrected chi connectivity index (χ0v) is 26.6. The molecule has 0 N–H and O–H groups in total. The maximum Gasteiger partial charge on any atom is 0.235 e. The van der Waals surface area contributed by atoms with Crippen molar-refractivity contribution in [2.24, 2.45) is 0 Å². The average Bonchev–Trinajstić information content (AvgIpc) is 3.62. The summed E-state index contributed by atoms with van der Waals surface area (Å²) in [5.74, 6) is 0.701. The summed E-state index contributed by atoms with van der Waals surface area (Å²) in [6, 6.07) is 46.3. The van der Waals surface area contributed by atoms with Crippen LogP contribution in [0.15, 0.2) is 127 Å². The third kappa shape index (κ3) is 3.53. The molecule has 0 unspecified atom stereocenters. The summed E-state index contributed by atoms with van der Waals surface area (Å²) in [6.45, 7) is 7.78. The number of rotatable bonds is 3. The molecule has 224 valence electrons. The number of hydrogen-bond donors (Lipinski definition) is 0. The molecule has 0 atom stereocenters. The van der Waals surface area contributed by atoms with E-state index in [0.717, 1.165) is 34.2 Å². The van der Waals surface area contributed by atoms with Gasteiger partial charge in [-0.15, -0.1) is 0 Å². The Morgan fingerprint density at radius 2 is 1.15 bits per heavy atom. The number of para-hydroxylation sites is 2. The second-order valence-corrected chi connectivity index (χ2v) is 13.3. The van der Waals surface area contributed by atoms with Crippen LogP contribution in [-0.2, 0) is 12.0 Å². The van der Waals surface area contributed by atoms with Gasteiger partial charge in [0.2, 0.25) is 5.95 Å². The molecule has 0 saturated heterocycles. The van der Waals surface area contributed by atoms with Gasteiger partial charge in [-0.1, -0.05) is 98.8 Å². The monoisotopic (exact) mass is 604 g/mol. The Morgan fingerprint density at radius 3 is 1.94 bits per heavy atom. The normalized spacial score (nSPS) is 13.7. The lowest BCUT2D eigenvalue weighted by atomic mass is 9.70. The number of aromatic nitrogens is 4. The summed E-state index contributed by atoms with van der Waals surface area (Å²) in [7, 11) is 0. The van der Waals surface area contributed by atoms with Gasteiger partial charge < -0.3 is 4.57 Å². The van der Waals surface area contributed by atoms with Crippen LogP contribution in [0.5, 0.6) is 0 Å². The van der Waals surface area contributed by atoms with Crippen LogP contribution >= 0.6 is 0 Å². The fourth-order valence-electron chi connectivity index (χ4n) is 8.31. The average molecular weight is 605 g/mol. The predicted molar refractivity (Wildman–Crippen MR) is 196 cm³/mol. The van der Waals surface area contributed by atoms with Crippen LogP contribution in [0.3, 0.4) is 0 Å². The Hall–Kier alpha value is -5.74. The summed E-state index contributed by atoms with van der Waals surface area (Å²) in [6.07, 6.45) is 0. The number of fused-ring (bicyclic) bond motifs is 8. The lowest BCUT2D eigenvalue weighted by Crippen LogP contribution is -2.24. The third-order valence-corrected chi connectivity index (χ3v) is 10.5. The van der Waals surface area contributed by atoms with Gasteiger partial charge in [0.15, 0.2) is 0 Å². The van der Waals surface area contributed by atoms with Crippen molar-refractivity contribution in [3.05, 3.63) is 139 Å². The molecule has 3 aromatic heterocycles. The molecule has 0 amide bonds. The summed E-state index contributed by atoms with van der Waals surface area (Å²) < 4.78 is 4.65. The van der Waals surface area contributed by atoms with Crippen LogP contribution < -0.4 is 0 Å². The molecule has 0 spiro atoms. The fourth-order valence-corrected chi connectivity index (χ4v) is 8.31. The van der Waals surface area contributed by atoms with Crippen LogP contribution in [0.4, 0.5) is 0 Å². The molecule has 0 bridgehead atoms. The van der Waals surface area contributed by atoms with E-state index in [0.29, 0.717) is 5.95 Å². The molecule has 0 aliphatic heterocycles. The molecule has 1 aliphatic rings. The first-order chi connectivity index (χ1) is 23.0. The SMILES string of the molecule is CCn1c2ccccc2c2cc(-c3ccc4c(c3)c3ccccc3n4-c3nc4c5c(cccc5n3)C(C)(C)c3ccccc3-4)ccc21. The van der Waals surface area contributed by atoms with Gasteiger partial charge in [0.1, 0.15) is 0 Å². The second kappa shape index (κ2) is 9.40. The van der Waals surface area contributed by atoms with Crippen molar-refractivity contribution >= 4 is 54.5 Å². The standard InChI is InChI=1S/C43H32N4/c1-4-46-36-18-9-6-12-28(36)31-24-26(20-22-37(31)46)27-21-23-39-32(25-27)29-13-7-10-19-38(29)47(39)42-44-35-17-11-16-34-40(35)41(45-42)30-14-5-8-15-33(30)43(34,2)3/h5-25H,4H2,1-3H3. The smallest absolute Gasteiger partial charge is 0.235 e. The number of hydrogen-bond acceptors (Lipinski definition) is 2. The minimum atomic E-state index is -0.133. The predicted octanol–water partition coefficient (Wildman–Crippen LogP) is 10.8. The maximum atomic E-state index is 5.38. The van der Waals surface area contributed by atoms with Crippen LogP contribution in [0.1, 0.15) is 31.9 Å². The first-order valence-corrected chi connectivity index (χ1v) is 16.5. The molecule has 4 nitrogen and oxygen atoms in total. The lowest BCUT2D eigenvalue weighted by Gasteiger charge is -2.34. The van der Waals surface area contributed by atoms with Gasteiger partial charge in [0, 0.05) is 55.5 Å². The highest BCUT2D eigenvalue weighted by Gasteiger charge is 2.34. The highest BCUT2D eigenvalue weighted by molar-refractivity contribution is 6.12. The zero-order valence-electron chi connectivity index (χ0n) is 26.6. The molecular formula is C43H32N4. The molecular weight excluding hydrogens is 573 g/mol. The van der Waals surface area contributed by atoms with Gasteiger partial charge in [-0.05, 0) is 71.6 Å². The third-order valence-electron chi connectivity index (χ3n) is 10.5. The van der Waals surface area contributed by atoms with Gasteiger partial charge in [-0.25, -0.2) is 9.97 Å². The maximum absolute atomic E-state index is 5.38. The van der Waals surface area contributed by atoms with E-state index in [2.05, 4.69) is 157 Å². The first-order valence-electron chi connectivity index (χ1n) is 16.5. The fraction of sp³-hybridized carbons (Fsp3) is 0.116. The zero-order chi connectivity index (χ0) is 31.4. The Bertz CT molecular complexity index is 2760. The molecule has 10 rings (SSSR count). The van der Waals surface area contributed by atoms with Crippen molar-refractivity contribution < 1.29 is 0 Å². The molecule has 0 radical (unpaired) electrons. The topological polar surface area (TPSA) is 35.6 Å². The Balaban J connectivity index is 1.21. The van der Waals surface area contributed by atoms with Crippen molar-refractivity contribution in [2.75, 3.05) is 0 Å². The highest BCUT2D eigenvalue weighted by Crippen LogP contribution is 2.48. The van der Waals surface area contributed by atoms with Crippen molar-refractivity contribution in [2.45, 2.75) is 32.7 Å². The lowest BCUT2D eigenvalue weighted by molar-refractivity contribution is 0.643. The van der Waals surface area contributed by atoms with E-state index in [-0.39, 0.29) is 5.41 Å². The van der Waals surface area contributed by atoms with Crippen LogP contribution in [0.25, 0.3) is 82.8 Å². The second-order valence-electron chi connectivity index (χ2n) is 13.3. The highest BCUT2D eigenvalue weighted by atomic mass is 15.2. The van der Waals surface area contributed by atoms with Crippen molar-refractivity contribution in [1.82, 2.24) is 19.1 Å². The van der Waals surface area contributed by atoms with E-state index in [1.807, 2.05) is 0 Å². The molecule has 0 saturated carbocycles. The van der Waals surface area contributed by atoms with E-state index < -0.39 is 0 Å². The Labute approximate surface area is 272 Å². The van der Waals surface area contributed by atoms with E-state index in [4.69, 9.17) is 9.97 Å². The summed E-state index contributed by atoms with van der Waals surface area (Å²) in [4.78, 5) is 10.6. The van der Waals surface area contributed by atoms with Gasteiger partial charge in [0.25, 0.3) is 0 Å². The molecule has 4 heteroatoms. The molecule has 47 heavy (non-hydrogen) atoms. The van der Waals surface area contributed by atoms with Crippen molar-refractivity contribution in [3.8, 4) is 28.3 Å². The number of benzene rings is 6. The summed E-state index contributed by atoms with van der Waals surface area (Å²) in [5.41, 5.74) is 12.8. The van der Waals surface area contributed by atoms with Crippen molar-refractivity contribution in [1.29, 1.82) is 0 Å². The van der Waals surface area contributed by atoms with Crippen molar-refractivity contribution in [3.63, 3.8) is 0 Å². The van der Waals surface area contributed by atoms with Gasteiger partial charge in [0.05, 0.1) is 22.2 Å². The number of nitrogens with zero attached hydrogens (tertiary/aromatic N) is 4. The summed E-state index contributed by atoms with van der Waals surface area (Å²) in [5, 5.41) is 6.14. The molecule has 9 aromatic rings. The van der Waals surface area contributed by atoms with Gasteiger partial charge >= 0.3 is 0 Å². The van der Waals surface area contributed by atoms with Crippen LogP contribution in [0.2, 0.25) is 0 Å². The first kappa shape index (κ1) is 26.5. The minimum absolute atomic E-state index is 0.133. The molecule has 1 aliphatic carbocycles. The Kier molecular flexibility index (Phi) is 5.29. The number of aryl methyl sites for hydroxylation is 1. The van der Waals surface area contributed by atoms with Crippen LogP contribution in [0, 0.1) is 0 Å². The molecule has 3 heterocycles. The largest absolute Gasteiger partial charge is 0.341 e. The van der Waals surface area contributed by atoms with E-state index in [1.165, 1.54) is 60.4 Å². The van der Waals surface area contributed by atoms with E-state index in [9.17, 15) is 0 Å². The minimum Gasteiger partial charge on any atom is -0.341 e. The molecule has 6 aromatic carbocycles. The van der Waals surface area contributed by atoms with Gasteiger partial charge in [-0.3, -0.25) is 4.57 Å². The Morgan fingerprint density at radius 1 is 0.553 bits per heavy atom. The van der Waals surface area contributed by atoms with Crippen LogP contribution in [-0.4, -0.2) is 19.1 Å². The van der Waals surface area contributed by atoms with Gasteiger partial charge in [-0.2, -0.15) is 0 Å². The van der Waals surface area contributed by atoms with E-state index >= 15 is 0 Å². The summed E-state index contributed by atoms with van der Waals surface area (Å²) >= 11 is 0. The quantitative estimate of drug-likeness (QED) is 0.201. The van der Waals surface area contributed by atoms with E-state index in [1.54, 1.807) is 0 Å².